The quantitative estimate of drug-likeness (QED) is 0.470. The standard InChI is InChI=1S/C17H23NO8/c1-10(20)18-14-16(24-9-13(21)22)15(23)12(7-19)26-17(14)25-8-11-5-3-2-4-6-11/h2-6,12,14-17,19,23H,7-9H2,1H3,(H,18,20)(H,21,22)/t12-,14-,15-,16-,17+/m1/s1. The van der Waals surface area contributed by atoms with Crippen molar-refractivity contribution in [2.24, 2.45) is 0 Å². The summed E-state index contributed by atoms with van der Waals surface area (Å²) in [5.74, 6) is -1.65. The number of aliphatic carboxylic acids is 1. The van der Waals surface area contributed by atoms with Crippen LogP contribution in [0.5, 0.6) is 0 Å². The lowest BCUT2D eigenvalue weighted by Gasteiger charge is -2.43. The molecule has 5 atom stereocenters. The van der Waals surface area contributed by atoms with Crippen LogP contribution in [0.3, 0.4) is 0 Å². The number of aliphatic hydroxyl groups excluding tert-OH is 2. The predicted octanol–water partition coefficient (Wildman–Crippen LogP) is -0.744. The first kappa shape index (κ1) is 20.3. The number of benzene rings is 1. The SMILES string of the molecule is CC(=O)N[C@H]1[C@@H](OCc2ccccc2)O[C@H](CO)[C@@H](O)[C@@H]1OCC(=O)O. The Kier molecular flexibility index (Phi) is 7.49. The summed E-state index contributed by atoms with van der Waals surface area (Å²) in [5, 5.41) is 31.1. The van der Waals surface area contributed by atoms with Gasteiger partial charge < -0.3 is 34.8 Å². The number of carboxylic acid groups (broad SMARTS) is 1. The van der Waals surface area contributed by atoms with Crippen molar-refractivity contribution in [3.63, 3.8) is 0 Å². The Labute approximate surface area is 150 Å². The van der Waals surface area contributed by atoms with E-state index in [1.165, 1.54) is 6.92 Å². The van der Waals surface area contributed by atoms with E-state index in [1.807, 2.05) is 30.3 Å². The summed E-state index contributed by atoms with van der Waals surface area (Å²) in [4.78, 5) is 22.4. The second-order valence-corrected chi connectivity index (χ2v) is 5.91. The molecule has 0 bridgehead atoms. The molecule has 0 spiro atoms. The van der Waals surface area contributed by atoms with Crippen molar-refractivity contribution in [3.8, 4) is 0 Å². The molecule has 4 N–H and O–H groups in total. The zero-order chi connectivity index (χ0) is 19.1. The van der Waals surface area contributed by atoms with Gasteiger partial charge in [0.2, 0.25) is 5.91 Å². The van der Waals surface area contributed by atoms with Gasteiger partial charge in [-0.15, -0.1) is 0 Å². The number of ether oxygens (including phenoxy) is 3. The molecule has 0 radical (unpaired) electrons. The van der Waals surface area contributed by atoms with Crippen LogP contribution in [0.1, 0.15) is 12.5 Å². The highest BCUT2D eigenvalue weighted by Gasteiger charge is 2.47. The van der Waals surface area contributed by atoms with Crippen LogP contribution in [0.25, 0.3) is 0 Å². The van der Waals surface area contributed by atoms with Crippen LogP contribution >= 0.6 is 0 Å². The third-order valence-electron chi connectivity index (χ3n) is 3.88. The minimum Gasteiger partial charge on any atom is -0.480 e. The molecule has 0 unspecified atom stereocenters. The Hall–Kier alpha value is -2.04. The van der Waals surface area contributed by atoms with E-state index < -0.39 is 55.7 Å². The highest BCUT2D eigenvalue weighted by atomic mass is 16.7. The van der Waals surface area contributed by atoms with E-state index in [9.17, 15) is 19.8 Å². The number of hydrogen-bond acceptors (Lipinski definition) is 7. The third-order valence-corrected chi connectivity index (χ3v) is 3.88. The van der Waals surface area contributed by atoms with Crippen molar-refractivity contribution in [3.05, 3.63) is 35.9 Å². The minimum absolute atomic E-state index is 0.154. The minimum atomic E-state index is -1.34. The Bertz CT molecular complexity index is 596. The maximum absolute atomic E-state index is 11.5. The molecule has 9 heteroatoms. The number of nitrogens with one attached hydrogen (secondary N) is 1. The van der Waals surface area contributed by atoms with Crippen molar-refractivity contribution >= 4 is 11.9 Å². The van der Waals surface area contributed by atoms with Gasteiger partial charge in [0.1, 0.15) is 31.0 Å². The molecule has 2 rings (SSSR count). The van der Waals surface area contributed by atoms with Gasteiger partial charge in [-0.3, -0.25) is 4.79 Å². The fraction of sp³-hybridized carbons (Fsp3) is 0.529. The number of hydrogen-bond donors (Lipinski definition) is 4. The van der Waals surface area contributed by atoms with Gasteiger partial charge in [-0.1, -0.05) is 30.3 Å². The maximum Gasteiger partial charge on any atom is 0.329 e. The maximum atomic E-state index is 11.5. The van der Waals surface area contributed by atoms with Gasteiger partial charge in [0.25, 0.3) is 0 Å². The van der Waals surface area contributed by atoms with Gasteiger partial charge in [-0.25, -0.2) is 4.79 Å². The molecule has 0 aliphatic carbocycles. The summed E-state index contributed by atoms with van der Waals surface area (Å²) in [5.41, 5.74) is 0.854. The van der Waals surface area contributed by atoms with Crippen molar-refractivity contribution in [2.75, 3.05) is 13.2 Å². The molecule has 1 amide bonds. The van der Waals surface area contributed by atoms with Gasteiger partial charge in [0, 0.05) is 6.92 Å². The third kappa shape index (κ3) is 5.48. The average molecular weight is 369 g/mol. The fourth-order valence-electron chi connectivity index (χ4n) is 2.72. The van der Waals surface area contributed by atoms with Gasteiger partial charge in [0.05, 0.1) is 13.2 Å². The summed E-state index contributed by atoms with van der Waals surface area (Å²) in [7, 11) is 0. The lowest BCUT2D eigenvalue weighted by atomic mass is 9.96. The van der Waals surface area contributed by atoms with E-state index in [2.05, 4.69) is 5.32 Å². The first-order valence-electron chi connectivity index (χ1n) is 8.12. The van der Waals surface area contributed by atoms with Crippen molar-refractivity contribution in [2.45, 2.75) is 44.2 Å². The van der Waals surface area contributed by atoms with Crippen molar-refractivity contribution in [1.82, 2.24) is 5.32 Å². The van der Waals surface area contributed by atoms with Crippen LogP contribution in [0.15, 0.2) is 30.3 Å². The Balaban J connectivity index is 2.17. The molecule has 1 heterocycles. The van der Waals surface area contributed by atoms with Crippen LogP contribution in [-0.2, 0) is 30.4 Å². The number of aliphatic hydroxyl groups is 2. The molecule has 1 aliphatic rings. The summed E-state index contributed by atoms with van der Waals surface area (Å²) in [6.45, 7) is 0.224. The highest BCUT2D eigenvalue weighted by molar-refractivity contribution is 5.73. The summed E-state index contributed by atoms with van der Waals surface area (Å²) < 4.78 is 16.5. The Morgan fingerprint density at radius 2 is 1.92 bits per heavy atom. The molecule has 1 aromatic carbocycles. The van der Waals surface area contributed by atoms with E-state index in [4.69, 9.17) is 19.3 Å². The molecule has 0 saturated carbocycles. The smallest absolute Gasteiger partial charge is 0.329 e. The van der Waals surface area contributed by atoms with Crippen molar-refractivity contribution in [1.29, 1.82) is 0 Å². The topological polar surface area (TPSA) is 135 Å². The van der Waals surface area contributed by atoms with Crippen LogP contribution in [0.4, 0.5) is 0 Å². The summed E-state index contributed by atoms with van der Waals surface area (Å²) in [6.07, 6.45) is -4.55. The number of carbonyl (C=O) groups is 2. The predicted molar refractivity (Wildman–Crippen MR) is 88.0 cm³/mol. The highest BCUT2D eigenvalue weighted by Crippen LogP contribution is 2.25. The Morgan fingerprint density at radius 3 is 2.50 bits per heavy atom. The van der Waals surface area contributed by atoms with Crippen LogP contribution in [-0.4, -0.2) is 71.1 Å². The Morgan fingerprint density at radius 1 is 1.23 bits per heavy atom. The second-order valence-electron chi connectivity index (χ2n) is 5.91. The molecule has 1 aromatic rings. The molecule has 1 aliphatic heterocycles. The van der Waals surface area contributed by atoms with Crippen LogP contribution < -0.4 is 5.32 Å². The second kappa shape index (κ2) is 9.60. The summed E-state index contributed by atoms with van der Waals surface area (Å²) in [6, 6.07) is 8.26. The lowest BCUT2D eigenvalue weighted by Crippen LogP contribution is -2.65. The largest absolute Gasteiger partial charge is 0.480 e. The van der Waals surface area contributed by atoms with E-state index in [0.717, 1.165) is 5.56 Å². The average Bonchev–Trinajstić information content (AvgIpc) is 2.61. The normalized spacial score (nSPS) is 28.5. The summed E-state index contributed by atoms with van der Waals surface area (Å²) >= 11 is 0. The lowest BCUT2D eigenvalue weighted by molar-refractivity contribution is -0.279. The van der Waals surface area contributed by atoms with E-state index in [1.54, 1.807) is 0 Å². The molecule has 26 heavy (non-hydrogen) atoms. The van der Waals surface area contributed by atoms with Gasteiger partial charge in [-0.05, 0) is 5.56 Å². The van der Waals surface area contributed by atoms with Crippen molar-refractivity contribution < 1.29 is 39.1 Å². The van der Waals surface area contributed by atoms with E-state index in [-0.39, 0.29) is 6.61 Å². The molecule has 9 nitrogen and oxygen atoms in total. The van der Waals surface area contributed by atoms with Gasteiger partial charge in [0.15, 0.2) is 6.29 Å². The molecular formula is C17H23NO8. The fourth-order valence-corrected chi connectivity index (χ4v) is 2.72. The molecular weight excluding hydrogens is 346 g/mol. The number of amides is 1. The first-order chi connectivity index (χ1) is 12.4. The van der Waals surface area contributed by atoms with E-state index >= 15 is 0 Å². The molecule has 1 saturated heterocycles. The van der Waals surface area contributed by atoms with Crippen LogP contribution in [0, 0.1) is 0 Å². The number of rotatable bonds is 8. The zero-order valence-corrected chi connectivity index (χ0v) is 14.3. The van der Waals surface area contributed by atoms with Gasteiger partial charge in [-0.2, -0.15) is 0 Å². The first-order valence-corrected chi connectivity index (χ1v) is 8.12. The molecule has 0 aromatic heterocycles. The monoisotopic (exact) mass is 369 g/mol. The zero-order valence-electron chi connectivity index (χ0n) is 14.3. The molecule has 1 fully saturated rings. The molecule has 144 valence electrons. The van der Waals surface area contributed by atoms with E-state index in [0.29, 0.717) is 0 Å². The van der Waals surface area contributed by atoms with Gasteiger partial charge >= 0.3 is 5.97 Å². The number of carbonyl (C=O) groups excluding carboxylic acids is 1. The van der Waals surface area contributed by atoms with Crippen LogP contribution in [0.2, 0.25) is 0 Å². The number of carboxylic acids is 1.